The van der Waals surface area contributed by atoms with E-state index in [9.17, 15) is 0 Å². The predicted molar refractivity (Wildman–Crippen MR) is 86.5 cm³/mol. The summed E-state index contributed by atoms with van der Waals surface area (Å²) in [5.41, 5.74) is 0. The van der Waals surface area contributed by atoms with Crippen LogP contribution in [-0.2, 0) is 6.54 Å². The highest BCUT2D eigenvalue weighted by molar-refractivity contribution is 14.0. The van der Waals surface area contributed by atoms with Gasteiger partial charge in [0.25, 0.3) is 0 Å². The Morgan fingerprint density at radius 3 is 2.72 bits per heavy atom. The van der Waals surface area contributed by atoms with Crippen molar-refractivity contribution in [2.75, 3.05) is 19.6 Å². The molecule has 0 aliphatic carbocycles. The van der Waals surface area contributed by atoms with Crippen LogP contribution in [0.2, 0.25) is 0 Å². The molecule has 1 aromatic rings. The summed E-state index contributed by atoms with van der Waals surface area (Å²) in [6.07, 6.45) is 3.75. The van der Waals surface area contributed by atoms with Gasteiger partial charge in [-0.2, -0.15) is 5.10 Å². The second-order valence-corrected chi connectivity index (χ2v) is 4.31. The van der Waals surface area contributed by atoms with Crippen molar-refractivity contribution >= 4 is 29.9 Å². The van der Waals surface area contributed by atoms with Crippen LogP contribution in [0.15, 0.2) is 23.5 Å². The average molecular weight is 365 g/mol. The molecule has 18 heavy (non-hydrogen) atoms. The monoisotopic (exact) mass is 365 g/mol. The van der Waals surface area contributed by atoms with Crippen molar-refractivity contribution in [3.63, 3.8) is 0 Å². The van der Waals surface area contributed by atoms with Gasteiger partial charge in [0.05, 0.1) is 6.54 Å². The molecule has 5 nitrogen and oxygen atoms in total. The number of rotatable bonds is 6. The number of nitrogens with zero attached hydrogens (tertiary/aromatic N) is 3. The Hall–Kier alpha value is -0.790. The Morgan fingerprint density at radius 2 is 2.17 bits per heavy atom. The summed E-state index contributed by atoms with van der Waals surface area (Å²) in [4.78, 5) is 4.50. The highest BCUT2D eigenvalue weighted by Gasteiger charge is 1.98. The number of aliphatic imine (C=N–C) groups is 1. The van der Waals surface area contributed by atoms with E-state index in [2.05, 4.69) is 41.5 Å². The quantitative estimate of drug-likeness (QED) is 0.459. The molecule has 0 aliphatic heterocycles. The molecule has 1 heterocycles. The SMILES string of the molecule is CCNC(=NCC(C)C)NCCn1cccn1.I. The van der Waals surface area contributed by atoms with Gasteiger partial charge in [-0.25, -0.2) is 0 Å². The van der Waals surface area contributed by atoms with E-state index in [0.717, 1.165) is 32.1 Å². The fourth-order valence-corrected chi connectivity index (χ4v) is 1.34. The zero-order chi connectivity index (χ0) is 12.5. The summed E-state index contributed by atoms with van der Waals surface area (Å²) in [5.74, 6) is 1.46. The molecule has 0 amide bonds. The Balaban J connectivity index is 0.00000289. The lowest BCUT2D eigenvalue weighted by Crippen LogP contribution is -2.39. The van der Waals surface area contributed by atoms with Gasteiger partial charge < -0.3 is 10.6 Å². The summed E-state index contributed by atoms with van der Waals surface area (Å²) in [6.45, 7) is 9.79. The van der Waals surface area contributed by atoms with Crippen molar-refractivity contribution in [2.45, 2.75) is 27.3 Å². The fourth-order valence-electron chi connectivity index (χ4n) is 1.34. The Labute approximate surface area is 126 Å². The summed E-state index contributed by atoms with van der Waals surface area (Å²) in [7, 11) is 0. The summed E-state index contributed by atoms with van der Waals surface area (Å²) in [6, 6.07) is 1.93. The van der Waals surface area contributed by atoms with E-state index < -0.39 is 0 Å². The number of nitrogens with one attached hydrogen (secondary N) is 2. The maximum atomic E-state index is 4.50. The van der Waals surface area contributed by atoms with Gasteiger partial charge in [-0.15, -0.1) is 24.0 Å². The molecule has 0 bridgehead atoms. The van der Waals surface area contributed by atoms with Gasteiger partial charge >= 0.3 is 0 Å². The van der Waals surface area contributed by atoms with Crippen molar-refractivity contribution < 1.29 is 0 Å². The molecular weight excluding hydrogens is 341 g/mol. The standard InChI is InChI=1S/C12H23N5.HI/c1-4-13-12(15-10-11(2)3)14-7-9-17-8-5-6-16-17;/h5-6,8,11H,4,7,9-10H2,1-3H3,(H2,13,14,15);1H. The second-order valence-electron chi connectivity index (χ2n) is 4.31. The first-order valence-corrected chi connectivity index (χ1v) is 6.22. The number of aromatic nitrogens is 2. The van der Waals surface area contributed by atoms with Crippen LogP contribution in [0.25, 0.3) is 0 Å². The maximum Gasteiger partial charge on any atom is 0.191 e. The molecule has 0 saturated carbocycles. The van der Waals surface area contributed by atoms with Gasteiger partial charge in [-0.1, -0.05) is 13.8 Å². The van der Waals surface area contributed by atoms with E-state index >= 15 is 0 Å². The molecule has 6 heteroatoms. The Kier molecular flexibility index (Phi) is 9.72. The van der Waals surface area contributed by atoms with Gasteiger partial charge in [0, 0.05) is 32.0 Å². The lowest BCUT2D eigenvalue weighted by Gasteiger charge is -2.11. The maximum absolute atomic E-state index is 4.50. The smallest absolute Gasteiger partial charge is 0.191 e. The van der Waals surface area contributed by atoms with Crippen LogP contribution in [0, 0.1) is 5.92 Å². The van der Waals surface area contributed by atoms with Crippen LogP contribution in [0.1, 0.15) is 20.8 Å². The van der Waals surface area contributed by atoms with E-state index in [1.165, 1.54) is 0 Å². The molecule has 2 N–H and O–H groups in total. The van der Waals surface area contributed by atoms with Crippen LogP contribution < -0.4 is 10.6 Å². The molecule has 0 aliphatic rings. The zero-order valence-electron chi connectivity index (χ0n) is 11.4. The van der Waals surface area contributed by atoms with E-state index in [4.69, 9.17) is 0 Å². The third-order valence-corrected chi connectivity index (χ3v) is 2.15. The summed E-state index contributed by atoms with van der Waals surface area (Å²) in [5, 5.41) is 10.7. The minimum atomic E-state index is 0. The highest BCUT2D eigenvalue weighted by Crippen LogP contribution is 1.91. The molecular formula is C12H24IN5. The first-order chi connectivity index (χ1) is 8.22. The first-order valence-electron chi connectivity index (χ1n) is 6.22. The van der Waals surface area contributed by atoms with E-state index in [1.807, 2.05) is 16.9 Å². The molecule has 1 aromatic heterocycles. The molecule has 0 radical (unpaired) electrons. The third kappa shape index (κ3) is 7.52. The van der Waals surface area contributed by atoms with E-state index in [1.54, 1.807) is 6.20 Å². The number of hydrogen-bond donors (Lipinski definition) is 2. The van der Waals surface area contributed by atoms with Crippen LogP contribution >= 0.6 is 24.0 Å². The predicted octanol–water partition coefficient (Wildman–Crippen LogP) is 1.71. The zero-order valence-corrected chi connectivity index (χ0v) is 13.7. The Morgan fingerprint density at radius 1 is 1.39 bits per heavy atom. The van der Waals surface area contributed by atoms with Crippen LogP contribution in [0.4, 0.5) is 0 Å². The van der Waals surface area contributed by atoms with Crippen molar-refractivity contribution in [1.82, 2.24) is 20.4 Å². The van der Waals surface area contributed by atoms with Crippen LogP contribution in [-0.4, -0.2) is 35.4 Å². The van der Waals surface area contributed by atoms with Crippen LogP contribution in [0.3, 0.4) is 0 Å². The molecule has 104 valence electrons. The van der Waals surface area contributed by atoms with Gasteiger partial charge in [0.15, 0.2) is 5.96 Å². The minimum Gasteiger partial charge on any atom is -0.357 e. The average Bonchev–Trinajstić information content (AvgIpc) is 2.78. The molecule has 0 saturated heterocycles. The normalized spacial score (nSPS) is 11.2. The molecule has 0 unspecified atom stereocenters. The summed E-state index contributed by atoms with van der Waals surface area (Å²) < 4.78 is 1.90. The largest absolute Gasteiger partial charge is 0.357 e. The van der Waals surface area contributed by atoms with Gasteiger partial charge in [-0.3, -0.25) is 9.67 Å². The molecule has 1 rings (SSSR count). The fraction of sp³-hybridized carbons (Fsp3) is 0.667. The van der Waals surface area contributed by atoms with E-state index in [-0.39, 0.29) is 24.0 Å². The topological polar surface area (TPSA) is 54.2 Å². The minimum absolute atomic E-state index is 0. The number of guanidine groups is 1. The number of halogens is 1. The Bertz CT molecular complexity index is 321. The van der Waals surface area contributed by atoms with Crippen molar-refractivity contribution in [1.29, 1.82) is 0 Å². The number of hydrogen-bond acceptors (Lipinski definition) is 2. The molecule has 0 atom stereocenters. The third-order valence-electron chi connectivity index (χ3n) is 2.15. The van der Waals surface area contributed by atoms with Crippen molar-refractivity contribution in [2.24, 2.45) is 10.9 Å². The van der Waals surface area contributed by atoms with Gasteiger partial charge in [0.2, 0.25) is 0 Å². The second kappa shape index (κ2) is 10.2. The molecule has 0 spiro atoms. The van der Waals surface area contributed by atoms with Gasteiger partial charge in [0.1, 0.15) is 0 Å². The van der Waals surface area contributed by atoms with Crippen molar-refractivity contribution in [3.8, 4) is 0 Å². The first kappa shape index (κ1) is 17.2. The van der Waals surface area contributed by atoms with E-state index in [0.29, 0.717) is 5.92 Å². The lowest BCUT2D eigenvalue weighted by atomic mass is 10.2. The molecule has 0 aromatic carbocycles. The van der Waals surface area contributed by atoms with Crippen molar-refractivity contribution in [3.05, 3.63) is 18.5 Å². The van der Waals surface area contributed by atoms with Gasteiger partial charge in [-0.05, 0) is 18.9 Å². The molecule has 0 fully saturated rings. The summed E-state index contributed by atoms with van der Waals surface area (Å²) >= 11 is 0. The van der Waals surface area contributed by atoms with Crippen LogP contribution in [0.5, 0.6) is 0 Å². The highest BCUT2D eigenvalue weighted by atomic mass is 127. The lowest BCUT2D eigenvalue weighted by molar-refractivity contribution is 0.594.